The molecule has 0 amide bonds. The minimum atomic E-state index is 0.304. The summed E-state index contributed by atoms with van der Waals surface area (Å²) in [5.74, 6) is 0.304. The Morgan fingerprint density at radius 1 is 1.08 bits per heavy atom. The summed E-state index contributed by atoms with van der Waals surface area (Å²) >= 11 is 19.6. The van der Waals surface area contributed by atoms with Crippen molar-refractivity contribution in [1.29, 1.82) is 5.26 Å². The lowest BCUT2D eigenvalue weighted by atomic mass is 10.1. The van der Waals surface area contributed by atoms with Gasteiger partial charge < -0.3 is 0 Å². The summed E-state index contributed by atoms with van der Waals surface area (Å²) in [5, 5.41) is 11.2. The number of nitriles is 1. The van der Waals surface area contributed by atoms with Crippen molar-refractivity contribution in [2.45, 2.75) is 5.16 Å². The van der Waals surface area contributed by atoms with Crippen LogP contribution in [-0.4, -0.2) is 15.3 Å². The summed E-state index contributed by atoms with van der Waals surface area (Å²) in [4.78, 5) is 4.44. The van der Waals surface area contributed by atoms with Gasteiger partial charge in [-0.15, -0.1) is 0 Å². The monoisotopic (exact) mass is 393 g/mol. The van der Waals surface area contributed by atoms with Crippen molar-refractivity contribution >= 4 is 46.6 Å². The second-order valence-electron chi connectivity index (χ2n) is 4.82. The van der Waals surface area contributed by atoms with Crippen LogP contribution in [0.5, 0.6) is 0 Å². The third-order valence-corrected chi connectivity index (χ3v) is 5.07. The van der Waals surface area contributed by atoms with Crippen LogP contribution in [0.25, 0.3) is 16.9 Å². The summed E-state index contributed by atoms with van der Waals surface area (Å²) in [6, 6.07) is 15.0. The van der Waals surface area contributed by atoms with Gasteiger partial charge in [0.05, 0.1) is 33.8 Å². The van der Waals surface area contributed by atoms with Crippen molar-refractivity contribution in [1.82, 2.24) is 9.55 Å². The number of benzene rings is 2. The molecule has 0 fully saturated rings. The summed E-state index contributed by atoms with van der Waals surface area (Å²) in [6.07, 6.45) is 1.75. The van der Waals surface area contributed by atoms with Crippen LogP contribution >= 0.6 is 46.6 Å². The van der Waals surface area contributed by atoms with Crippen LogP contribution in [0.3, 0.4) is 0 Å². The SMILES string of the molecule is N#CCSc1ncc(-c2ccc(Cl)c(Cl)c2)n1-c1cccc(Cl)c1. The Labute approximate surface area is 158 Å². The van der Waals surface area contributed by atoms with Crippen LogP contribution in [0.4, 0.5) is 0 Å². The first-order chi connectivity index (χ1) is 11.6. The highest BCUT2D eigenvalue weighted by molar-refractivity contribution is 7.99. The predicted octanol–water partition coefficient (Wildman–Crippen LogP) is 6.12. The van der Waals surface area contributed by atoms with Crippen molar-refractivity contribution in [3.05, 3.63) is 63.7 Å². The summed E-state index contributed by atoms with van der Waals surface area (Å²) in [7, 11) is 0. The molecule has 7 heteroatoms. The maximum absolute atomic E-state index is 8.86. The van der Waals surface area contributed by atoms with Gasteiger partial charge in [0.2, 0.25) is 0 Å². The van der Waals surface area contributed by atoms with E-state index in [4.69, 9.17) is 40.1 Å². The number of hydrogen-bond acceptors (Lipinski definition) is 3. The van der Waals surface area contributed by atoms with E-state index in [0.29, 0.717) is 26.0 Å². The smallest absolute Gasteiger partial charge is 0.174 e. The Morgan fingerprint density at radius 3 is 2.62 bits per heavy atom. The van der Waals surface area contributed by atoms with E-state index in [9.17, 15) is 0 Å². The second-order valence-corrected chi connectivity index (χ2v) is 7.01. The first-order valence-electron chi connectivity index (χ1n) is 6.89. The van der Waals surface area contributed by atoms with E-state index in [1.165, 1.54) is 11.8 Å². The standard InChI is InChI=1S/C17H10Cl3N3S/c18-12-2-1-3-13(9-12)23-16(10-22-17(23)24-7-6-21)11-4-5-14(19)15(20)8-11/h1-5,8-10H,7H2. The van der Waals surface area contributed by atoms with Gasteiger partial charge in [-0.05, 0) is 30.3 Å². The highest BCUT2D eigenvalue weighted by Gasteiger charge is 2.15. The third kappa shape index (κ3) is 3.55. The van der Waals surface area contributed by atoms with Crippen LogP contribution in [0.1, 0.15) is 0 Å². The molecule has 3 rings (SSSR count). The van der Waals surface area contributed by atoms with Gasteiger partial charge in [0.15, 0.2) is 5.16 Å². The number of nitrogens with zero attached hydrogens (tertiary/aromatic N) is 3. The highest BCUT2D eigenvalue weighted by Crippen LogP contribution is 2.33. The lowest BCUT2D eigenvalue weighted by Crippen LogP contribution is -1.99. The topological polar surface area (TPSA) is 41.6 Å². The number of thioether (sulfide) groups is 1. The molecule has 0 saturated carbocycles. The molecular formula is C17H10Cl3N3S. The number of rotatable bonds is 4. The van der Waals surface area contributed by atoms with Crippen LogP contribution < -0.4 is 0 Å². The van der Waals surface area contributed by atoms with E-state index >= 15 is 0 Å². The van der Waals surface area contributed by atoms with Crippen LogP contribution in [0, 0.1) is 11.3 Å². The van der Waals surface area contributed by atoms with E-state index in [1.54, 1.807) is 18.3 Å². The van der Waals surface area contributed by atoms with Crippen molar-refractivity contribution in [2.75, 3.05) is 5.75 Å². The number of imidazole rings is 1. The van der Waals surface area contributed by atoms with E-state index in [2.05, 4.69) is 11.1 Å². The van der Waals surface area contributed by atoms with Gasteiger partial charge in [0, 0.05) is 16.3 Å². The zero-order valence-electron chi connectivity index (χ0n) is 12.2. The second kappa shape index (κ2) is 7.50. The minimum Gasteiger partial charge on any atom is -0.287 e. The highest BCUT2D eigenvalue weighted by atomic mass is 35.5. The molecule has 1 heterocycles. The number of aromatic nitrogens is 2. The van der Waals surface area contributed by atoms with Crippen molar-refractivity contribution < 1.29 is 0 Å². The van der Waals surface area contributed by atoms with Gasteiger partial charge >= 0.3 is 0 Å². The Balaban J connectivity index is 2.17. The Morgan fingerprint density at radius 2 is 1.92 bits per heavy atom. The molecule has 0 unspecified atom stereocenters. The van der Waals surface area contributed by atoms with Crippen LogP contribution in [-0.2, 0) is 0 Å². The normalized spacial score (nSPS) is 10.6. The minimum absolute atomic E-state index is 0.304. The van der Waals surface area contributed by atoms with E-state index in [1.807, 2.05) is 34.9 Å². The van der Waals surface area contributed by atoms with Gasteiger partial charge in [-0.1, -0.05) is 58.7 Å². The molecule has 0 N–H and O–H groups in total. The van der Waals surface area contributed by atoms with Crippen LogP contribution in [0.2, 0.25) is 15.1 Å². The fourth-order valence-electron chi connectivity index (χ4n) is 2.26. The Kier molecular flexibility index (Phi) is 5.37. The molecule has 0 aliphatic carbocycles. The molecule has 0 spiro atoms. The molecule has 1 aromatic heterocycles. The fourth-order valence-corrected chi connectivity index (χ4v) is 3.39. The average Bonchev–Trinajstić information content (AvgIpc) is 2.99. The molecule has 0 atom stereocenters. The van der Waals surface area contributed by atoms with Crippen molar-refractivity contribution in [3.63, 3.8) is 0 Å². The summed E-state index contributed by atoms with van der Waals surface area (Å²) in [6.45, 7) is 0. The Bertz CT molecular complexity index is 931. The lowest BCUT2D eigenvalue weighted by molar-refractivity contribution is 0.902. The molecule has 120 valence electrons. The van der Waals surface area contributed by atoms with Gasteiger partial charge in [0.1, 0.15) is 0 Å². The Hall–Kier alpha value is -1.64. The van der Waals surface area contributed by atoms with Crippen molar-refractivity contribution in [2.24, 2.45) is 0 Å². The van der Waals surface area contributed by atoms with Gasteiger partial charge in [-0.25, -0.2) is 4.98 Å². The molecule has 24 heavy (non-hydrogen) atoms. The predicted molar refractivity (Wildman–Crippen MR) is 100 cm³/mol. The van der Waals surface area contributed by atoms with Crippen molar-refractivity contribution in [3.8, 4) is 23.0 Å². The molecule has 3 aromatic rings. The molecular weight excluding hydrogens is 385 g/mol. The fraction of sp³-hybridized carbons (Fsp3) is 0.0588. The summed E-state index contributed by atoms with van der Waals surface area (Å²) < 4.78 is 1.95. The quantitative estimate of drug-likeness (QED) is 0.501. The number of hydrogen-bond donors (Lipinski definition) is 0. The maximum atomic E-state index is 8.86. The zero-order valence-corrected chi connectivity index (χ0v) is 15.3. The molecule has 3 nitrogen and oxygen atoms in total. The number of halogens is 3. The first kappa shape index (κ1) is 17.2. The van der Waals surface area contributed by atoms with E-state index in [-0.39, 0.29) is 0 Å². The van der Waals surface area contributed by atoms with Crippen LogP contribution in [0.15, 0.2) is 53.8 Å². The average molecular weight is 395 g/mol. The third-order valence-electron chi connectivity index (χ3n) is 3.28. The maximum Gasteiger partial charge on any atom is 0.174 e. The molecule has 0 saturated heterocycles. The lowest BCUT2D eigenvalue weighted by Gasteiger charge is -2.12. The molecule has 0 aliphatic rings. The van der Waals surface area contributed by atoms with Gasteiger partial charge in [-0.2, -0.15) is 5.26 Å². The molecule has 0 bridgehead atoms. The van der Waals surface area contributed by atoms with E-state index < -0.39 is 0 Å². The molecule has 2 aromatic carbocycles. The van der Waals surface area contributed by atoms with Gasteiger partial charge in [0.25, 0.3) is 0 Å². The zero-order chi connectivity index (χ0) is 17.1. The molecule has 0 aliphatic heterocycles. The summed E-state index contributed by atoms with van der Waals surface area (Å²) in [5.41, 5.74) is 2.58. The van der Waals surface area contributed by atoms with E-state index in [0.717, 1.165) is 16.9 Å². The largest absolute Gasteiger partial charge is 0.287 e. The first-order valence-corrected chi connectivity index (χ1v) is 9.01. The van der Waals surface area contributed by atoms with Gasteiger partial charge in [-0.3, -0.25) is 4.57 Å². The molecule has 0 radical (unpaired) electrons.